The van der Waals surface area contributed by atoms with Gasteiger partial charge in [-0.05, 0) is 5.92 Å². The van der Waals surface area contributed by atoms with Crippen molar-refractivity contribution >= 4 is 18.7 Å². The molecule has 0 rings (SSSR count). The minimum Gasteiger partial charge on any atom is -0.426 e. The molecule has 2 nitrogen and oxygen atoms in total. The third-order valence-corrected chi connectivity index (χ3v) is 1.65. The average Bonchev–Trinajstić information content (AvgIpc) is 1.64. The van der Waals surface area contributed by atoms with E-state index in [1.807, 2.05) is 13.8 Å². The Morgan fingerprint density at radius 2 is 1.75 bits per heavy atom. The first-order valence-electron chi connectivity index (χ1n) is 2.56. The SMILES string of the molecule is CC(C)[C@@H](Cl)B(O)O. The molecule has 0 bridgehead atoms. The van der Waals surface area contributed by atoms with E-state index < -0.39 is 12.4 Å². The molecule has 0 aliphatic heterocycles. The highest BCUT2D eigenvalue weighted by Crippen LogP contribution is 2.09. The van der Waals surface area contributed by atoms with Crippen molar-refractivity contribution in [2.45, 2.75) is 19.1 Å². The standard InChI is InChI=1S/C4H10BClO2/c1-3(2)4(6)5(7)8/h3-4,7-8H,1-2H3/t4-/m1/s1. The topological polar surface area (TPSA) is 40.5 Å². The van der Waals surface area contributed by atoms with Crippen molar-refractivity contribution in [3.8, 4) is 0 Å². The number of halogens is 1. The normalized spacial score (nSPS) is 14.2. The lowest BCUT2D eigenvalue weighted by Gasteiger charge is -2.09. The maximum absolute atomic E-state index is 8.41. The Bertz CT molecular complexity index is 59.1. The largest absolute Gasteiger partial charge is 0.470 e. The molecular formula is C4H10BClO2. The quantitative estimate of drug-likeness (QED) is 0.422. The Morgan fingerprint density at radius 1 is 1.38 bits per heavy atom. The van der Waals surface area contributed by atoms with Gasteiger partial charge in [0.15, 0.2) is 0 Å². The summed E-state index contributed by atoms with van der Waals surface area (Å²) in [5, 5.41) is 16.3. The van der Waals surface area contributed by atoms with E-state index >= 15 is 0 Å². The first-order chi connectivity index (χ1) is 3.55. The molecule has 0 radical (unpaired) electrons. The van der Waals surface area contributed by atoms with Gasteiger partial charge in [0.1, 0.15) is 0 Å². The predicted octanol–water partition coefficient (Wildman–Crippen LogP) is 0.262. The summed E-state index contributed by atoms with van der Waals surface area (Å²) < 4.78 is 0. The lowest BCUT2D eigenvalue weighted by Crippen LogP contribution is -2.30. The highest BCUT2D eigenvalue weighted by Gasteiger charge is 2.23. The minimum atomic E-state index is -1.39. The third kappa shape index (κ3) is 2.55. The maximum Gasteiger partial charge on any atom is 0.470 e. The van der Waals surface area contributed by atoms with Crippen molar-refractivity contribution in [1.29, 1.82) is 0 Å². The van der Waals surface area contributed by atoms with Gasteiger partial charge in [0.2, 0.25) is 0 Å². The van der Waals surface area contributed by atoms with Crippen LogP contribution < -0.4 is 0 Å². The van der Waals surface area contributed by atoms with Crippen LogP contribution in [0.25, 0.3) is 0 Å². The van der Waals surface area contributed by atoms with Gasteiger partial charge in [-0.2, -0.15) is 0 Å². The second-order valence-corrected chi connectivity index (χ2v) is 2.61. The molecule has 0 aromatic carbocycles. The van der Waals surface area contributed by atoms with Crippen molar-refractivity contribution in [3.05, 3.63) is 0 Å². The number of hydrogen-bond acceptors (Lipinski definition) is 2. The zero-order valence-corrected chi connectivity index (χ0v) is 5.76. The molecule has 0 aliphatic carbocycles. The van der Waals surface area contributed by atoms with Crippen molar-refractivity contribution in [2.75, 3.05) is 0 Å². The molecule has 8 heavy (non-hydrogen) atoms. The molecular weight excluding hydrogens is 126 g/mol. The molecule has 1 atom stereocenters. The molecule has 0 saturated carbocycles. The molecule has 0 amide bonds. The van der Waals surface area contributed by atoms with E-state index in [1.54, 1.807) is 0 Å². The van der Waals surface area contributed by atoms with Gasteiger partial charge in [-0.1, -0.05) is 13.8 Å². The number of rotatable bonds is 2. The fraction of sp³-hybridized carbons (Fsp3) is 1.00. The molecule has 48 valence electrons. The Kier molecular flexibility index (Phi) is 3.44. The van der Waals surface area contributed by atoms with Crippen molar-refractivity contribution < 1.29 is 10.0 Å². The van der Waals surface area contributed by atoms with Crippen LogP contribution in [-0.4, -0.2) is 22.4 Å². The molecule has 0 heterocycles. The fourth-order valence-corrected chi connectivity index (χ4v) is 0.344. The van der Waals surface area contributed by atoms with Gasteiger partial charge >= 0.3 is 7.12 Å². The van der Waals surface area contributed by atoms with E-state index in [1.165, 1.54) is 0 Å². The second kappa shape index (κ2) is 3.33. The fourth-order valence-electron chi connectivity index (χ4n) is 0.344. The summed E-state index contributed by atoms with van der Waals surface area (Å²) in [7, 11) is -1.39. The summed E-state index contributed by atoms with van der Waals surface area (Å²) in [6.07, 6.45) is 0. The second-order valence-electron chi connectivity index (χ2n) is 2.10. The first-order valence-corrected chi connectivity index (χ1v) is 2.99. The summed E-state index contributed by atoms with van der Waals surface area (Å²) in [6.45, 7) is 3.66. The molecule has 0 aliphatic rings. The van der Waals surface area contributed by atoms with Crippen LogP contribution >= 0.6 is 11.6 Å². The van der Waals surface area contributed by atoms with Crippen LogP contribution in [0.1, 0.15) is 13.8 Å². The van der Waals surface area contributed by atoms with E-state index in [0.717, 1.165) is 0 Å². The van der Waals surface area contributed by atoms with Crippen LogP contribution in [0.3, 0.4) is 0 Å². The van der Waals surface area contributed by atoms with Gasteiger partial charge in [-0.15, -0.1) is 11.6 Å². The molecule has 0 spiro atoms. The Labute approximate surface area is 54.6 Å². The Morgan fingerprint density at radius 3 is 1.75 bits per heavy atom. The van der Waals surface area contributed by atoms with Crippen molar-refractivity contribution in [1.82, 2.24) is 0 Å². The van der Waals surface area contributed by atoms with Crippen LogP contribution in [0.4, 0.5) is 0 Å². The van der Waals surface area contributed by atoms with Crippen LogP contribution in [-0.2, 0) is 0 Å². The zero-order valence-electron chi connectivity index (χ0n) is 5.00. The van der Waals surface area contributed by atoms with Gasteiger partial charge in [0.25, 0.3) is 0 Å². The number of hydrogen-bond donors (Lipinski definition) is 2. The lowest BCUT2D eigenvalue weighted by molar-refractivity contribution is 0.388. The summed E-state index contributed by atoms with van der Waals surface area (Å²) in [5.74, 6) is 0.108. The van der Waals surface area contributed by atoms with Gasteiger partial charge in [0.05, 0.1) is 5.28 Å². The highest BCUT2D eigenvalue weighted by molar-refractivity contribution is 6.57. The van der Waals surface area contributed by atoms with Crippen LogP contribution in [0.15, 0.2) is 0 Å². The van der Waals surface area contributed by atoms with Crippen LogP contribution in [0, 0.1) is 5.92 Å². The molecule has 4 heteroatoms. The highest BCUT2D eigenvalue weighted by atomic mass is 35.5. The van der Waals surface area contributed by atoms with Crippen molar-refractivity contribution in [3.63, 3.8) is 0 Å². The summed E-state index contributed by atoms with van der Waals surface area (Å²) in [6, 6.07) is 0. The smallest absolute Gasteiger partial charge is 0.426 e. The Hall–Kier alpha value is 0.275. The summed E-state index contributed by atoms with van der Waals surface area (Å²) >= 11 is 5.45. The van der Waals surface area contributed by atoms with Gasteiger partial charge in [0, 0.05) is 0 Å². The average molecular weight is 136 g/mol. The maximum atomic E-state index is 8.41. The van der Waals surface area contributed by atoms with E-state index in [4.69, 9.17) is 21.6 Å². The van der Waals surface area contributed by atoms with E-state index in [9.17, 15) is 0 Å². The summed E-state index contributed by atoms with van der Waals surface area (Å²) in [5.41, 5.74) is 0. The first kappa shape index (κ1) is 8.27. The molecule has 0 saturated heterocycles. The molecule has 0 unspecified atom stereocenters. The third-order valence-electron chi connectivity index (χ3n) is 0.922. The summed E-state index contributed by atoms with van der Waals surface area (Å²) in [4.78, 5) is 0. The zero-order chi connectivity index (χ0) is 6.73. The molecule has 2 N–H and O–H groups in total. The Balaban J connectivity index is 3.46. The lowest BCUT2D eigenvalue weighted by atomic mass is 9.79. The van der Waals surface area contributed by atoms with E-state index in [0.29, 0.717) is 0 Å². The van der Waals surface area contributed by atoms with Gasteiger partial charge in [-0.3, -0.25) is 0 Å². The molecule has 0 aromatic heterocycles. The predicted molar refractivity (Wildman–Crippen MR) is 34.7 cm³/mol. The van der Waals surface area contributed by atoms with Gasteiger partial charge < -0.3 is 10.0 Å². The van der Waals surface area contributed by atoms with E-state index in [2.05, 4.69) is 0 Å². The van der Waals surface area contributed by atoms with E-state index in [-0.39, 0.29) is 5.92 Å². The van der Waals surface area contributed by atoms with Gasteiger partial charge in [-0.25, -0.2) is 0 Å². The minimum absolute atomic E-state index is 0.108. The van der Waals surface area contributed by atoms with Crippen LogP contribution in [0.2, 0.25) is 0 Å². The molecule has 0 aromatic rings. The monoisotopic (exact) mass is 136 g/mol. The van der Waals surface area contributed by atoms with Crippen LogP contribution in [0.5, 0.6) is 0 Å². The molecule has 0 fully saturated rings. The van der Waals surface area contributed by atoms with Crippen molar-refractivity contribution in [2.24, 2.45) is 5.92 Å². The number of alkyl halides is 1.